The fraction of sp³-hybridized carbons (Fsp3) is 0.176. The molecule has 0 bridgehead atoms. The zero-order chi connectivity index (χ0) is 15.6. The molecular weight excluding hydrogens is 288 g/mol. The van der Waals surface area contributed by atoms with Crippen molar-refractivity contribution in [2.24, 2.45) is 12.1 Å². The minimum absolute atomic E-state index is 0.0568. The van der Waals surface area contributed by atoms with Gasteiger partial charge in [-0.1, -0.05) is 30.3 Å². The lowest BCUT2D eigenvalue weighted by Gasteiger charge is -2.19. The predicted octanol–water partition coefficient (Wildman–Crippen LogP) is 2.57. The standard InChI is InChI=1S/C17H16N6/c1-22-12-14(11-20-22)16-10-15(13-6-3-2-4-7-13)21-23(16)17-18-8-5-9-19-17/h2-9,11-12,16H,10H2,1H3/t16-/m1/s1. The van der Waals surface area contributed by atoms with Crippen molar-refractivity contribution in [3.05, 3.63) is 72.3 Å². The van der Waals surface area contributed by atoms with Gasteiger partial charge in [0.2, 0.25) is 5.95 Å². The van der Waals surface area contributed by atoms with E-state index >= 15 is 0 Å². The van der Waals surface area contributed by atoms with Crippen LogP contribution in [0.25, 0.3) is 0 Å². The second kappa shape index (κ2) is 5.64. The van der Waals surface area contributed by atoms with E-state index < -0.39 is 0 Å². The maximum atomic E-state index is 4.78. The number of hydrazone groups is 1. The molecule has 114 valence electrons. The molecule has 0 fully saturated rings. The Balaban J connectivity index is 1.75. The summed E-state index contributed by atoms with van der Waals surface area (Å²) in [4.78, 5) is 8.70. The molecular formula is C17H16N6. The van der Waals surface area contributed by atoms with Crippen molar-refractivity contribution in [2.45, 2.75) is 12.5 Å². The van der Waals surface area contributed by atoms with Crippen molar-refractivity contribution in [1.29, 1.82) is 0 Å². The van der Waals surface area contributed by atoms with Gasteiger partial charge in [0, 0.05) is 37.6 Å². The smallest absolute Gasteiger partial charge is 0.246 e. The number of hydrogen-bond acceptors (Lipinski definition) is 5. The zero-order valence-corrected chi connectivity index (χ0v) is 12.7. The molecule has 6 heteroatoms. The Kier molecular flexibility index (Phi) is 3.34. The van der Waals surface area contributed by atoms with Gasteiger partial charge in [-0.05, 0) is 11.6 Å². The third kappa shape index (κ3) is 2.59. The van der Waals surface area contributed by atoms with Crippen LogP contribution < -0.4 is 5.01 Å². The van der Waals surface area contributed by atoms with Gasteiger partial charge in [0.1, 0.15) is 0 Å². The average Bonchev–Trinajstić information content (AvgIpc) is 3.23. The van der Waals surface area contributed by atoms with Gasteiger partial charge >= 0.3 is 0 Å². The lowest BCUT2D eigenvalue weighted by molar-refractivity contribution is 0.684. The van der Waals surface area contributed by atoms with E-state index in [2.05, 4.69) is 27.2 Å². The summed E-state index contributed by atoms with van der Waals surface area (Å²) in [5.41, 5.74) is 3.27. The molecule has 3 heterocycles. The van der Waals surface area contributed by atoms with Gasteiger partial charge in [-0.25, -0.2) is 15.0 Å². The molecule has 0 spiro atoms. The first-order valence-corrected chi connectivity index (χ1v) is 7.49. The van der Waals surface area contributed by atoms with Crippen LogP contribution in [0.4, 0.5) is 5.95 Å². The lowest BCUT2D eigenvalue weighted by Crippen LogP contribution is -2.20. The highest BCUT2D eigenvalue weighted by Gasteiger charge is 2.32. The number of aryl methyl sites for hydroxylation is 1. The Morgan fingerprint density at radius 3 is 2.52 bits per heavy atom. The second-order valence-corrected chi connectivity index (χ2v) is 5.47. The van der Waals surface area contributed by atoms with Crippen LogP contribution in [0, 0.1) is 0 Å². The van der Waals surface area contributed by atoms with Gasteiger partial charge in [-0.3, -0.25) is 4.68 Å². The Bertz CT molecular complexity index is 825. The van der Waals surface area contributed by atoms with Crippen molar-refractivity contribution in [3.8, 4) is 0 Å². The maximum absolute atomic E-state index is 4.78. The van der Waals surface area contributed by atoms with E-state index in [1.807, 2.05) is 42.6 Å². The molecule has 1 aliphatic heterocycles. The first-order chi connectivity index (χ1) is 11.3. The largest absolute Gasteiger partial charge is 0.275 e. The minimum Gasteiger partial charge on any atom is -0.275 e. The molecule has 0 saturated carbocycles. The molecule has 0 aliphatic carbocycles. The third-order valence-electron chi connectivity index (χ3n) is 3.88. The van der Waals surface area contributed by atoms with Crippen LogP contribution in [0.1, 0.15) is 23.6 Å². The number of rotatable bonds is 3. The van der Waals surface area contributed by atoms with Crippen LogP contribution in [-0.2, 0) is 7.05 Å². The normalized spacial score (nSPS) is 17.3. The molecule has 1 atom stereocenters. The van der Waals surface area contributed by atoms with E-state index in [0.29, 0.717) is 5.95 Å². The Morgan fingerprint density at radius 1 is 1.04 bits per heavy atom. The molecule has 1 aliphatic rings. The Labute approximate surface area is 134 Å². The van der Waals surface area contributed by atoms with Crippen molar-refractivity contribution < 1.29 is 0 Å². The van der Waals surface area contributed by atoms with Gasteiger partial charge in [0.25, 0.3) is 0 Å². The average molecular weight is 304 g/mol. The zero-order valence-electron chi connectivity index (χ0n) is 12.7. The van der Waals surface area contributed by atoms with E-state index in [1.165, 1.54) is 0 Å². The SMILES string of the molecule is Cn1cc([C@H]2CC(c3ccccc3)=NN2c2ncccn2)cn1. The summed E-state index contributed by atoms with van der Waals surface area (Å²) in [6, 6.07) is 12.1. The van der Waals surface area contributed by atoms with E-state index in [1.54, 1.807) is 23.1 Å². The molecule has 6 nitrogen and oxygen atoms in total. The van der Waals surface area contributed by atoms with Crippen LogP contribution >= 0.6 is 0 Å². The van der Waals surface area contributed by atoms with Crippen LogP contribution in [0.3, 0.4) is 0 Å². The summed E-state index contributed by atoms with van der Waals surface area (Å²) in [6.45, 7) is 0. The first kappa shape index (κ1) is 13.6. The van der Waals surface area contributed by atoms with Gasteiger partial charge in [-0.2, -0.15) is 10.2 Å². The monoisotopic (exact) mass is 304 g/mol. The summed E-state index contributed by atoms with van der Waals surface area (Å²) in [6.07, 6.45) is 8.17. The van der Waals surface area contributed by atoms with Gasteiger partial charge in [0.05, 0.1) is 18.0 Å². The molecule has 4 rings (SSSR count). The van der Waals surface area contributed by atoms with Crippen molar-refractivity contribution >= 4 is 11.7 Å². The van der Waals surface area contributed by atoms with E-state index in [0.717, 1.165) is 23.3 Å². The van der Waals surface area contributed by atoms with E-state index in [4.69, 9.17) is 5.10 Å². The summed E-state index contributed by atoms with van der Waals surface area (Å²) >= 11 is 0. The molecule has 0 unspecified atom stereocenters. The van der Waals surface area contributed by atoms with Crippen LogP contribution in [0.5, 0.6) is 0 Å². The fourth-order valence-corrected chi connectivity index (χ4v) is 2.78. The van der Waals surface area contributed by atoms with Gasteiger partial charge < -0.3 is 0 Å². The molecule has 2 aromatic heterocycles. The summed E-state index contributed by atoms with van der Waals surface area (Å²) in [7, 11) is 1.92. The van der Waals surface area contributed by atoms with E-state index in [-0.39, 0.29) is 6.04 Å². The quantitative estimate of drug-likeness (QED) is 0.746. The topological polar surface area (TPSA) is 59.2 Å². The molecule has 0 saturated heterocycles. The molecule has 23 heavy (non-hydrogen) atoms. The summed E-state index contributed by atoms with van der Waals surface area (Å²) in [5.74, 6) is 0.604. The Hall–Kier alpha value is -3.02. The molecule has 0 amide bonds. The number of aromatic nitrogens is 4. The van der Waals surface area contributed by atoms with Gasteiger partial charge in [-0.15, -0.1) is 0 Å². The van der Waals surface area contributed by atoms with Crippen LogP contribution in [-0.4, -0.2) is 25.5 Å². The Morgan fingerprint density at radius 2 is 1.83 bits per heavy atom. The third-order valence-corrected chi connectivity index (χ3v) is 3.88. The lowest BCUT2D eigenvalue weighted by atomic mass is 10.0. The second-order valence-electron chi connectivity index (χ2n) is 5.47. The minimum atomic E-state index is 0.0568. The maximum Gasteiger partial charge on any atom is 0.246 e. The number of benzene rings is 1. The van der Waals surface area contributed by atoms with E-state index in [9.17, 15) is 0 Å². The van der Waals surface area contributed by atoms with Crippen LogP contribution in [0.2, 0.25) is 0 Å². The highest BCUT2D eigenvalue weighted by atomic mass is 15.5. The fourth-order valence-electron chi connectivity index (χ4n) is 2.78. The number of anilines is 1. The highest BCUT2D eigenvalue weighted by Crippen LogP contribution is 2.34. The summed E-state index contributed by atoms with van der Waals surface area (Å²) < 4.78 is 1.81. The van der Waals surface area contributed by atoms with Gasteiger partial charge in [0.15, 0.2) is 0 Å². The summed E-state index contributed by atoms with van der Waals surface area (Å²) in [5, 5.41) is 11.0. The van der Waals surface area contributed by atoms with Crippen LogP contribution in [0.15, 0.2) is 66.3 Å². The number of nitrogens with zero attached hydrogens (tertiary/aromatic N) is 6. The predicted molar refractivity (Wildman–Crippen MR) is 88.1 cm³/mol. The molecule has 1 aromatic carbocycles. The van der Waals surface area contributed by atoms with Crippen molar-refractivity contribution in [3.63, 3.8) is 0 Å². The van der Waals surface area contributed by atoms with Crippen molar-refractivity contribution in [2.75, 3.05) is 5.01 Å². The molecule has 0 radical (unpaired) electrons. The molecule has 0 N–H and O–H groups in total. The molecule has 3 aromatic rings. The number of hydrogen-bond donors (Lipinski definition) is 0. The first-order valence-electron chi connectivity index (χ1n) is 7.49. The van der Waals surface area contributed by atoms with Crippen molar-refractivity contribution in [1.82, 2.24) is 19.7 Å². The highest BCUT2D eigenvalue weighted by molar-refractivity contribution is 6.03.